The second kappa shape index (κ2) is 5.45. The van der Waals surface area contributed by atoms with E-state index in [4.69, 9.17) is 15.7 Å². The van der Waals surface area contributed by atoms with Gasteiger partial charge in [0, 0.05) is 13.3 Å². The van der Waals surface area contributed by atoms with Crippen LogP contribution in [0.2, 0.25) is 0 Å². The van der Waals surface area contributed by atoms with Crippen molar-refractivity contribution in [3.8, 4) is 6.07 Å². The predicted octanol–water partition coefficient (Wildman–Crippen LogP) is 0.417. The Hall–Kier alpha value is -1.34. The van der Waals surface area contributed by atoms with Crippen LogP contribution in [0.25, 0.3) is 0 Å². The van der Waals surface area contributed by atoms with Crippen LogP contribution in [0.3, 0.4) is 0 Å². The molecule has 0 amide bonds. The summed E-state index contributed by atoms with van der Waals surface area (Å²) in [6.45, 7) is 1.92. The first-order chi connectivity index (χ1) is 5.20. The van der Waals surface area contributed by atoms with Crippen LogP contribution >= 0.6 is 0 Å². The molecule has 0 saturated heterocycles. The van der Waals surface area contributed by atoms with Crippen molar-refractivity contribution < 1.29 is 4.74 Å². The van der Waals surface area contributed by atoms with Crippen molar-refractivity contribution in [3.63, 3.8) is 0 Å². The highest BCUT2D eigenvalue weighted by Crippen LogP contribution is 1.92. The molecule has 0 bridgehead atoms. The maximum absolute atomic E-state index is 8.46. The molecule has 0 aromatic heterocycles. The predicted molar refractivity (Wildman–Crippen MR) is 42.9 cm³/mol. The first-order valence-electron chi connectivity index (χ1n) is 3.08. The van der Waals surface area contributed by atoms with Gasteiger partial charge in [0.05, 0.1) is 24.1 Å². The molecule has 0 radical (unpaired) electrons. The van der Waals surface area contributed by atoms with Gasteiger partial charge in [0.2, 0.25) is 0 Å². The summed E-state index contributed by atoms with van der Waals surface area (Å²) in [6.07, 6.45) is 1.40. The van der Waals surface area contributed by atoms with E-state index in [1.165, 1.54) is 13.3 Å². The summed E-state index contributed by atoms with van der Waals surface area (Å²) in [7, 11) is 1.52. The molecule has 0 unspecified atom stereocenters. The molecule has 2 N–H and O–H groups in total. The Kier molecular flexibility index (Phi) is 4.78. The van der Waals surface area contributed by atoms with Crippen LogP contribution in [0.1, 0.15) is 6.92 Å². The maximum Gasteiger partial charge on any atom is 0.0988 e. The largest absolute Gasteiger partial charge is 0.387 e. The van der Waals surface area contributed by atoms with Gasteiger partial charge in [0.15, 0.2) is 0 Å². The Morgan fingerprint density at radius 1 is 1.82 bits per heavy atom. The third-order valence-electron chi connectivity index (χ3n) is 0.867. The van der Waals surface area contributed by atoms with Crippen molar-refractivity contribution in [2.75, 3.05) is 13.7 Å². The minimum Gasteiger partial charge on any atom is -0.387 e. The van der Waals surface area contributed by atoms with E-state index < -0.39 is 0 Å². The van der Waals surface area contributed by atoms with Crippen molar-refractivity contribution in [1.29, 1.82) is 5.26 Å². The number of nitriles is 1. The Bertz CT molecular complexity index is 208. The molecule has 0 aliphatic rings. The SMILES string of the molecule is COC/C(C#N)=C/N=C(C)N. The van der Waals surface area contributed by atoms with Gasteiger partial charge in [-0.2, -0.15) is 5.26 Å². The fourth-order valence-electron chi connectivity index (χ4n) is 0.434. The summed E-state index contributed by atoms with van der Waals surface area (Å²) in [5.41, 5.74) is 5.70. The normalized spacial score (nSPS) is 12.8. The summed E-state index contributed by atoms with van der Waals surface area (Å²) in [6, 6.07) is 1.93. The van der Waals surface area contributed by atoms with Crippen LogP contribution in [0, 0.1) is 11.3 Å². The molecule has 60 valence electrons. The molecule has 0 rings (SSSR count). The average Bonchev–Trinajstić information content (AvgIpc) is 1.97. The molecule has 0 aromatic carbocycles. The minimum absolute atomic E-state index is 0.271. The minimum atomic E-state index is 0.271. The second-order valence-electron chi connectivity index (χ2n) is 1.97. The van der Waals surface area contributed by atoms with E-state index in [2.05, 4.69) is 4.99 Å². The zero-order valence-corrected chi connectivity index (χ0v) is 6.66. The lowest BCUT2D eigenvalue weighted by atomic mass is 10.3. The fraction of sp³-hybridized carbons (Fsp3) is 0.429. The van der Waals surface area contributed by atoms with Crippen LogP contribution < -0.4 is 5.73 Å². The van der Waals surface area contributed by atoms with E-state index in [-0.39, 0.29) is 6.61 Å². The quantitative estimate of drug-likeness (QED) is 0.363. The number of ether oxygens (including phenoxy) is 1. The number of nitrogens with two attached hydrogens (primary N) is 1. The third kappa shape index (κ3) is 5.12. The fourth-order valence-corrected chi connectivity index (χ4v) is 0.434. The van der Waals surface area contributed by atoms with Crippen LogP contribution in [0.15, 0.2) is 16.8 Å². The van der Waals surface area contributed by atoms with E-state index in [0.29, 0.717) is 11.4 Å². The van der Waals surface area contributed by atoms with Crippen LogP contribution in [-0.4, -0.2) is 19.6 Å². The van der Waals surface area contributed by atoms with Crippen molar-refractivity contribution in [2.24, 2.45) is 10.7 Å². The Morgan fingerprint density at radius 3 is 2.82 bits per heavy atom. The molecule has 0 aromatic rings. The molecule has 0 fully saturated rings. The van der Waals surface area contributed by atoms with E-state index >= 15 is 0 Å². The topological polar surface area (TPSA) is 71.4 Å². The van der Waals surface area contributed by atoms with Crippen molar-refractivity contribution in [1.82, 2.24) is 0 Å². The van der Waals surface area contributed by atoms with Gasteiger partial charge in [-0.15, -0.1) is 0 Å². The third-order valence-corrected chi connectivity index (χ3v) is 0.867. The zero-order chi connectivity index (χ0) is 8.69. The summed E-state index contributed by atoms with van der Waals surface area (Å²) >= 11 is 0. The van der Waals surface area contributed by atoms with Crippen LogP contribution in [-0.2, 0) is 4.74 Å². The summed E-state index contributed by atoms with van der Waals surface area (Å²) in [5, 5.41) is 8.46. The number of nitrogens with zero attached hydrogens (tertiary/aromatic N) is 2. The van der Waals surface area contributed by atoms with Crippen molar-refractivity contribution in [2.45, 2.75) is 6.92 Å². The molecule has 4 heteroatoms. The molecule has 0 atom stereocenters. The Balaban J connectivity index is 4.15. The molecule has 11 heavy (non-hydrogen) atoms. The molecule has 0 aliphatic heterocycles. The Morgan fingerprint density at radius 2 is 2.45 bits per heavy atom. The molecule has 0 spiro atoms. The number of methoxy groups -OCH3 is 1. The van der Waals surface area contributed by atoms with Gasteiger partial charge in [-0.1, -0.05) is 0 Å². The van der Waals surface area contributed by atoms with Gasteiger partial charge in [-0.3, -0.25) is 0 Å². The lowest BCUT2D eigenvalue weighted by molar-refractivity contribution is 0.228. The lowest BCUT2D eigenvalue weighted by Crippen LogP contribution is -2.04. The first kappa shape index (κ1) is 9.66. The average molecular weight is 153 g/mol. The summed E-state index contributed by atoms with van der Waals surface area (Å²) < 4.78 is 4.73. The Labute approximate surface area is 66.0 Å². The smallest absolute Gasteiger partial charge is 0.0988 e. The van der Waals surface area contributed by atoms with Gasteiger partial charge >= 0.3 is 0 Å². The molecule has 0 heterocycles. The van der Waals surface area contributed by atoms with Crippen LogP contribution in [0.5, 0.6) is 0 Å². The first-order valence-corrected chi connectivity index (χ1v) is 3.08. The van der Waals surface area contributed by atoms with E-state index in [9.17, 15) is 0 Å². The van der Waals surface area contributed by atoms with Gasteiger partial charge in [0.1, 0.15) is 0 Å². The second-order valence-corrected chi connectivity index (χ2v) is 1.97. The number of hydrogen-bond donors (Lipinski definition) is 1. The van der Waals surface area contributed by atoms with Gasteiger partial charge in [0.25, 0.3) is 0 Å². The monoisotopic (exact) mass is 153 g/mol. The molecular weight excluding hydrogens is 142 g/mol. The van der Waals surface area contributed by atoms with E-state index in [0.717, 1.165) is 0 Å². The van der Waals surface area contributed by atoms with Crippen LogP contribution in [0.4, 0.5) is 0 Å². The molecule has 4 nitrogen and oxygen atoms in total. The van der Waals surface area contributed by atoms with Gasteiger partial charge in [-0.25, -0.2) is 4.99 Å². The standard InChI is InChI=1S/C7H11N3O/c1-6(9)10-4-7(3-8)5-11-2/h4H,5H2,1-2H3,(H2,9,10)/b7-4+. The number of rotatable bonds is 3. The zero-order valence-electron chi connectivity index (χ0n) is 6.66. The molecule has 0 saturated carbocycles. The summed E-state index contributed by atoms with van der Waals surface area (Å²) in [4.78, 5) is 3.74. The number of amidine groups is 1. The highest BCUT2D eigenvalue weighted by molar-refractivity contribution is 5.78. The lowest BCUT2D eigenvalue weighted by Gasteiger charge is -1.92. The highest BCUT2D eigenvalue weighted by atomic mass is 16.5. The van der Waals surface area contributed by atoms with Crippen molar-refractivity contribution >= 4 is 5.84 Å². The van der Waals surface area contributed by atoms with Crippen molar-refractivity contribution in [3.05, 3.63) is 11.8 Å². The number of hydrogen-bond acceptors (Lipinski definition) is 3. The number of aliphatic imine (C=N–C) groups is 1. The summed E-state index contributed by atoms with van der Waals surface area (Å²) in [5.74, 6) is 0.425. The highest BCUT2D eigenvalue weighted by Gasteiger charge is 1.91. The van der Waals surface area contributed by atoms with Gasteiger partial charge in [-0.05, 0) is 6.92 Å². The molecule has 0 aliphatic carbocycles. The van der Waals surface area contributed by atoms with E-state index in [1.807, 2.05) is 6.07 Å². The van der Waals surface area contributed by atoms with E-state index in [1.54, 1.807) is 6.92 Å². The van der Waals surface area contributed by atoms with Gasteiger partial charge < -0.3 is 10.5 Å². The molecular formula is C7H11N3O. The maximum atomic E-state index is 8.46.